The summed E-state index contributed by atoms with van der Waals surface area (Å²) in [7, 11) is 0. The highest BCUT2D eigenvalue weighted by atomic mass is 32.1. The molecule has 0 rings (SSSR count). The van der Waals surface area contributed by atoms with Crippen LogP contribution in [0.4, 0.5) is 4.79 Å². The molecule has 0 aliphatic heterocycles. The topological polar surface area (TPSA) is 74.8 Å². The van der Waals surface area contributed by atoms with Crippen LogP contribution in [0.3, 0.4) is 0 Å². The van der Waals surface area contributed by atoms with Gasteiger partial charge in [-0.25, -0.2) is 4.79 Å². The van der Waals surface area contributed by atoms with Gasteiger partial charge in [-0.05, 0) is 53.3 Å². The molecular formula is C15H30N4O2S. The van der Waals surface area contributed by atoms with E-state index in [2.05, 4.69) is 28.1 Å². The van der Waals surface area contributed by atoms with Crippen molar-refractivity contribution in [3.63, 3.8) is 0 Å². The average molecular weight is 330 g/mol. The molecule has 0 radical (unpaired) electrons. The Bertz CT molecular complexity index is 378. The van der Waals surface area contributed by atoms with Crippen molar-refractivity contribution in [2.45, 2.75) is 78.5 Å². The first kappa shape index (κ1) is 20.6. The number of nitrogens with one attached hydrogen (secondary N) is 3. The molecule has 1 atom stereocenters. The molecule has 0 saturated carbocycles. The largest absolute Gasteiger partial charge is 0.444 e. The summed E-state index contributed by atoms with van der Waals surface area (Å²) in [6.07, 6.45) is 4.03. The minimum Gasteiger partial charge on any atom is -0.444 e. The number of thiocarbonyl (C=S) groups is 1. The summed E-state index contributed by atoms with van der Waals surface area (Å²) in [4.78, 5) is 11.8. The number of carbonyl (C=O) groups is 1. The van der Waals surface area contributed by atoms with Crippen molar-refractivity contribution in [2.75, 3.05) is 0 Å². The maximum atomic E-state index is 11.8. The third-order valence-electron chi connectivity index (χ3n) is 2.41. The second-order valence-corrected chi connectivity index (χ2v) is 6.82. The molecule has 7 heteroatoms. The van der Waals surface area contributed by atoms with Crippen LogP contribution in [0.1, 0.15) is 60.8 Å². The van der Waals surface area contributed by atoms with Crippen LogP contribution in [0.2, 0.25) is 0 Å². The Kier molecular flexibility index (Phi) is 9.73. The Morgan fingerprint density at radius 1 is 1.32 bits per heavy atom. The van der Waals surface area contributed by atoms with Crippen molar-refractivity contribution >= 4 is 29.6 Å². The number of carbonyl (C=O) groups excluding carboxylic acids is 1. The van der Waals surface area contributed by atoms with Gasteiger partial charge >= 0.3 is 6.09 Å². The Hall–Kier alpha value is -1.37. The number of nitrogens with zero attached hydrogens (tertiary/aromatic N) is 1. The summed E-state index contributed by atoms with van der Waals surface area (Å²) in [5.41, 5.74) is 2.22. The fourth-order valence-electron chi connectivity index (χ4n) is 1.55. The van der Waals surface area contributed by atoms with E-state index in [-0.39, 0.29) is 12.1 Å². The van der Waals surface area contributed by atoms with Gasteiger partial charge in [0.2, 0.25) is 0 Å². The van der Waals surface area contributed by atoms with E-state index < -0.39 is 11.7 Å². The third kappa shape index (κ3) is 12.4. The van der Waals surface area contributed by atoms with E-state index in [1.54, 1.807) is 6.21 Å². The van der Waals surface area contributed by atoms with E-state index in [1.807, 2.05) is 34.6 Å². The van der Waals surface area contributed by atoms with Crippen LogP contribution in [0.15, 0.2) is 5.10 Å². The molecule has 22 heavy (non-hydrogen) atoms. The Labute approximate surface area is 139 Å². The fraction of sp³-hybridized carbons (Fsp3) is 0.800. The number of hydrogen-bond donors (Lipinski definition) is 3. The van der Waals surface area contributed by atoms with Gasteiger partial charge in [-0.3, -0.25) is 5.43 Å². The minimum absolute atomic E-state index is 0.191. The monoisotopic (exact) mass is 330 g/mol. The van der Waals surface area contributed by atoms with Crippen molar-refractivity contribution in [1.82, 2.24) is 16.1 Å². The summed E-state index contributed by atoms with van der Waals surface area (Å²) in [5, 5.41) is 10.4. The SMILES string of the molecule is CCCC[C@@H](/C=N/NC(=S)NC(C)C)NC(=O)OC(C)(C)C. The summed E-state index contributed by atoms with van der Waals surface area (Å²) < 4.78 is 5.26. The zero-order valence-electron chi connectivity index (χ0n) is 14.5. The summed E-state index contributed by atoms with van der Waals surface area (Å²) in [6.45, 7) is 11.6. The van der Waals surface area contributed by atoms with E-state index >= 15 is 0 Å². The van der Waals surface area contributed by atoms with Crippen molar-refractivity contribution in [1.29, 1.82) is 0 Å². The number of hydrogen-bond acceptors (Lipinski definition) is 4. The van der Waals surface area contributed by atoms with Gasteiger partial charge < -0.3 is 15.4 Å². The molecule has 3 N–H and O–H groups in total. The molecule has 1 amide bonds. The van der Waals surface area contributed by atoms with E-state index in [9.17, 15) is 4.79 Å². The lowest BCUT2D eigenvalue weighted by atomic mass is 10.1. The maximum Gasteiger partial charge on any atom is 0.408 e. The van der Waals surface area contributed by atoms with Gasteiger partial charge in [0.25, 0.3) is 0 Å². The molecule has 0 spiro atoms. The number of unbranched alkanes of at least 4 members (excludes halogenated alkanes) is 1. The van der Waals surface area contributed by atoms with E-state index in [1.165, 1.54) is 0 Å². The molecule has 0 aromatic heterocycles. The lowest BCUT2D eigenvalue weighted by Gasteiger charge is -2.22. The zero-order valence-corrected chi connectivity index (χ0v) is 15.3. The van der Waals surface area contributed by atoms with Gasteiger partial charge in [-0.1, -0.05) is 19.8 Å². The van der Waals surface area contributed by atoms with Crippen LogP contribution in [0.5, 0.6) is 0 Å². The summed E-state index contributed by atoms with van der Waals surface area (Å²) in [6, 6.07) is 0.0510. The van der Waals surface area contributed by atoms with Gasteiger partial charge in [-0.15, -0.1) is 0 Å². The quantitative estimate of drug-likeness (QED) is 0.380. The molecule has 0 aliphatic carbocycles. The van der Waals surface area contributed by atoms with Crippen LogP contribution in [0, 0.1) is 0 Å². The van der Waals surface area contributed by atoms with Gasteiger partial charge in [-0.2, -0.15) is 5.10 Å². The molecule has 0 fully saturated rings. The number of hydrazone groups is 1. The zero-order chi connectivity index (χ0) is 17.2. The lowest BCUT2D eigenvalue weighted by molar-refractivity contribution is 0.0517. The van der Waals surface area contributed by atoms with Crippen molar-refractivity contribution in [2.24, 2.45) is 5.10 Å². The van der Waals surface area contributed by atoms with Crippen molar-refractivity contribution in [3.05, 3.63) is 0 Å². The first-order valence-corrected chi connectivity index (χ1v) is 8.14. The highest BCUT2D eigenvalue weighted by Crippen LogP contribution is 2.07. The van der Waals surface area contributed by atoms with E-state index in [0.717, 1.165) is 19.3 Å². The highest BCUT2D eigenvalue weighted by molar-refractivity contribution is 7.80. The van der Waals surface area contributed by atoms with Crippen LogP contribution in [-0.2, 0) is 4.74 Å². The number of alkyl carbamates (subject to hydrolysis) is 1. The number of rotatable bonds is 7. The maximum absolute atomic E-state index is 11.8. The van der Waals surface area contributed by atoms with Gasteiger partial charge in [0.15, 0.2) is 5.11 Å². The smallest absolute Gasteiger partial charge is 0.408 e. The van der Waals surface area contributed by atoms with Crippen molar-refractivity contribution < 1.29 is 9.53 Å². The standard InChI is InChI=1S/C15H30N4O2S/c1-7-8-9-12(18-14(20)21-15(4,5)6)10-16-19-13(22)17-11(2)3/h10-12H,7-9H2,1-6H3,(H,18,20)(H2,17,19,22)/b16-10+/t12-/m0/s1. The molecule has 128 valence electrons. The van der Waals surface area contributed by atoms with Crippen LogP contribution in [0.25, 0.3) is 0 Å². The number of amides is 1. The lowest BCUT2D eigenvalue weighted by Crippen LogP contribution is -2.41. The second-order valence-electron chi connectivity index (χ2n) is 6.41. The third-order valence-corrected chi connectivity index (χ3v) is 2.62. The minimum atomic E-state index is -0.516. The van der Waals surface area contributed by atoms with Gasteiger partial charge in [0.1, 0.15) is 5.60 Å². The average Bonchev–Trinajstić information content (AvgIpc) is 2.32. The molecule has 0 bridgehead atoms. The molecular weight excluding hydrogens is 300 g/mol. The summed E-state index contributed by atoms with van der Waals surface area (Å²) >= 11 is 5.08. The molecule has 0 aromatic carbocycles. The predicted molar refractivity (Wildman–Crippen MR) is 95.2 cm³/mol. The Morgan fingerprint density at radius 2 is 1.95 bits per heavy atom. The first-order chi connectivity index (χ1) is 10.1. The van der Waals surface area contributed by atoms with E-state index in [0.29, 0.717) is 5.11 Å². The van der Waals surface area contributed by atoms with Crippen LogP contribution < -0.4 is 16.1 Å². The molecule has 0 aromatic rings. The molecule has 0 saturated heterocycles. The molecule has 0 unspecified atom stereocenters. The van der Waals surface area contributed by atoms with Gasteiger partial charge in [0, 0.05) is 12.3 Å². The fourth-order valence-corrected chi connectivity index (χ4v) is 1.84. The second kappa shape index (κ2) is 10.4. The molecule has 0 aliphatic rings. The van der Waals surface area contributed by atoms with Crippen LogP contribution >= 0.6 is 12.2 Å². The Balaban J connectivity index is 4.44. The van der Waals surface area contributed by atoms with E-state index in [4.69, 9.17) is 17.0 Å². The van der Waals surface area contributed by atoms with Crippen molar-refractivity contribution in [3.8, 4) is 0 Å². The normalized spacial score (nSPS) is 13.0. The molecule has 6 nitrogen and oxygen atoms in total. The Morgan fingerprint density at radius 3 is 2.45 bits per heavy atom. The summed E-state index contributed by atoms with van der Waals surface area (Å²) in [5.74, 6) is 0. The number of ether oxygens (including phenoxy) is 1. The highest BCUT2D eigenvalue weighted by Gasteiger charge is 2.18. The van der Waals surface area contributed by atoms with Crippen LogP contribution in [-0.4, -0.2) is 35.1 Å². The first-order valence-electron chi connectivity index (χ1n) is 7.73. The molecule has 0 heterocycles. The van der Waals surface area contributed by atoms with Gasteiger partial charge in [0.05, 0.1) is 6.04 Å². The predicted octanol–water partition coefficient (Wildman–Crippen LogP) is 2.93.